The van der Waals surface area contributed by atoms with Crippen molar-refractivity contribution in [3.63, 3.8) is 0 Å². The van der Waals surface area contributed by atoms with E-state index in [1.165, 1.54) is 6.07 Å². The summed E-state index contributed by atoms with van der Waals surface area (Å²) in [6, 6.07) is -0.755. The standard InChI is InChI=1S/C5H4FN3O2/c6-3-2(1-7)8-5(11)9-4(3)10/h2-3H,(H2,8,9,10,11). The summed E-state index contributed by atoms with van der Waals surface area (Å²) in [4.78, 5) is 20.9. The normalized spacial score (nSPS) is 30.2. The predicted molar refractivity (Wildman–Crippen MR) is 31.0 cm³/mol. The van der Waals surface area contributed by atoms with Gasteiger partial charge in [0.15, 0.2) is 6.04 Å². The van der Waals surface area contributed by atoms with Crippen molar-refractivity contribution in [2.45, 2.75) is 12.2 Å². The van der Waals surface area contributed by atoms with Crippen molar-refractivity contribution >= 4 is 11.9 Å². The molecule has 0 saturated carbocycles. The van der Waals surface area contributed by atoms with E-state index < -0.39 is 24.2 Å². The van der Waals surface area contributed by atoms with Gasteiger partial charge in [0.1, 0.15) is 0 Å². The molecule has 0 aromatic rings. The number of urea groups is 1. The summed E-state index contributed by atoms with van der Waals surface area (Å²) in [6.07, 6.45) is -1.97. The molecule has 58 valence electrons. The number of carbonyl (C=O) groups excluding carboxylic acids is 2. The first kappa shape index (κ1) is 7.47. The fourth-order valence-electron chi connectivity index (χ4n) is 0.680. The minimum absolute atomic E-state index is 0.838. The van der Waals surface area contributed by atoms with Gasteiger partial charge in [0.05, 0.1) is 6.07 Å². The monoisotopic (exact) mass is 157 g/mol. The second-order valence-corrected chi connectivity index (χ2v) is 1.97. The molecule has 0 aromatic carbocycles. The van der Waals surface area contributed by atoms with Crippen LogP contribution in [0, 0.1) is 11.3 Å². The number of hydrogen-bond donors (Lipinski definition) is 2. The van der Waals surface area contributed by atoms with E-state index in [1.54, 1.807) is 5.32 Å². The van der Waals surface area contributed by atoms with Crippen LogP contribution in [-0.4, -0.2) is 24.2 Å². The minimum atomic E-state index is -1.97. The molecule has 3 amide bonds. The molecule has 5 nitrogen and oxygen atoms in total. The molecule has 2 N–H and O–H groups in total. The first-order valence-corrected chi connectivity index (χ1v) is 2.80. The first-order valence-electron chi connectivity index (χ1n) is 2.80. The molecule has 0 spiro atoms. The Bertz CT molecular complexity index is 247. The van der Waals surface area contributed by atoms with Gasteiger partial charge in [-0.1, -0.05) is 0 Å². The van der Waals surface area contributed by atoms with E-state index in [4.69, 9.17) is 5.26 Å². The number of nitrogens with one attached hydrogen (secondary N) is 2. The van der Waals surface area contributed by atoms with Crippen LogP contribution in [0.2, 0.25) is 0 Å². The number of amides is 3. The maximum Gasteiger partial charge on any atom is 0.322 e. The lowest BCUT2D eigenvalue weighted by Crippen LogP contribution is -2.58. The molecule has 0 radical (unpaired) electrons. The Kier molecular flexibility index (Phi) is 1.72. The number of alkyl halides is 1. The molecule has 1 fully saturated rings. The van der Waals surface area contributed by atoms with Crippen molar-refractivity contribution in [1.29, 1.82) is 5.26 Å². The van der Waals surface area contributed by atoms with Gasteiger partial charge in [0.25, 0.3) is 5.91 Å². The zero-order valence-electron chi connectivity index (χ0n) is 5.30. The van der Waals surface area contributed by atoms with Crippen molar-refractivity contribution in [1.82, 2.24) is 10.6 Å². The molecule has 1 aliphatic heterocycles. The van der Waals surface area contributed by atoms with Crippen molar-refractivity contribution in [3.05, 3.63) is 0 Å². The first-order chi connectivity index (χ1) is 5.15. The SMILES string of the molecule is N#CC1NC(=O)NC(=O)C1F. The smallest absolute Gasteiger partial charge is 0.319 e. The summed E-state index contributed by atoms with van der Waals surface area (Å²) in [7, 11) is 0. The van der Waals surface area contributed by atoms with E-state index >= 15 is 0 Å². The van der Waals surface area contributed by atoms with E-state index in [-0.39, 0.29) is 0 Å². The molecule has 0 aliphatic carbocycles. The van der Waals surface area contributed by atoms with Crippen LogP contribution in [0.15, 0.2) is 0 Å². The third-order valence-electron chi connectivity index (χ3n) is 1.21. The molecule has 1 aliphatic rings. The van der Waals surface area contributed by atoms with E-state index in [0.717, 1.165) is 0 Å². The van der Waals surface area contributed by atoms with Gasteiger partial charge in [-0.05, 0) is 0 Å². The average Bonchev–Trinajstić information content (AvgIpc) is 1.96. The lowest BCUT2D eigenvalue weighted by molar-refractivity contribution is -0.126. The van der Waals surface area contributed by atoms with Crippen LogP contribution in [0.4, 0.5) is 9.18 Å². The molecule has 2 atom stereocenters. The Balaban J connectivity index is 2.76. The minimum Gasteiger partial charge on any atom is -0.319 e. The third-order valence-corrected chi connectivity index (χ3v) is 1.21. The highest BCUT2D eigenvalue weighted by Gasteiger charge is 2.35. The van der Waals surface area contributed by atoms with Gasteiger partial charge in [-0.3, -0.25) is 10.1 Å². The number of hydrogen-bond acceptors (Lipinski definition) is 3. The van der Waals surface area contributed by atoms with E-state index in [0.29, 0.717) is 0 Å². The van der Waals surface area contributed by atoms with Gasteiger partial charge < -0.3 is 5.32 Å². The maximum atomic E-state index is 12.6. The highest BCUT2D eigenvalue weighted by molar-refractivity contribution is 6.00. The summed E-state index contributed by atoms with van der Waals surface area (Å²) in [5.74, 6) is -1.07. The van der Waals surface area contributed by atoms with Crippen LogP contribution in [0.3, 0.4) is 0 Å². The summed E-state index contributed by atoms with van der Waals surface area (Å²) < 4.78 is 12.6. The van der Waals surface area contributed by atoms with Gasteiger partial charge >= 0.3 is 6.03 Å². The summed E-state index contributed by atoms with van der Waals surface area (Å²) in [6.45, 7) is 0. The molecule has 11 heavy (non-hydrogen) atoms. The molecular weight excluding hydrogens is 153 g/mol. The zero-order valence-corrected chi connectivity index (χ0v) is 5.30. The van der Waals surface area contributed by atoms with Crippen molar-refractivity contribution < 1.29 is 14.0 Å². The third kappa shape index (κ3) is 1.26. The Morgan fingerprint density at radius 1 is 1.55 bits per heavy atom. The number of halogens is 1. The predicted octanol–water partition coefficient (Wildman–Crippen LogP) is -0.944. The van der Waals surface area contributed by atoms with Gasteiger partial charge in [0, 0.05) is 0 Å². The molecule has 0 aromatic heterocycles. The number of nitrogens with zero attached hydrogens (tertiary/aromatic N) is 1. The van der Waals surface area contributed by atoms with Crippen LogP contribution < -0.4 is 10.6 Å². The van der Waals surface area contributed by atoms with Crippen LogP contribution >= 0.6 is 0 Å². The largest absolute Gasteiger partial charge is 0.322 e. The van der Waals surface area contributed by atoms with Crippen molar-refractivity contribution in [2.75, 3.05) is 0 Å². The van der Waals surface area contributed by atoms with E-state index in [9.17, 15) is 14.0 Å². The Labute approximate surface area is 61.2 Å². The van der Waals surface area contributed by atoms with Crippen molar-refractivity contribution in [2.24, 2.45) is 0 Å². The van der Waals surface area contributed by atoms with Crippen LogP contribution in [-0.2, 0) is 4.79 Å². The summed E-state index contributed by atoms with van der Waals surface area (Å²) in [5.41, 5.74) is 0. The maximum absolute atomic E-state index is 12.6. The Morgan fingerprint density at radius 3 is 2.73 bits per heavy atom. The molecular formula is C5H4FN3O2. The average molecular weight is 157 g/mol. The van der Waals surface area contributed by atoms with Crippen LogP contribution in [0.5, 0.6) is 0 Å². The molecule has 2 unspecified atom stereocenters. The molecule has 1 rings (SSSR count). The number of rotatable bonds is 0. The fourth-order valence-corrected chi connectivity index (χ4v) is 0.680. The second kappa shape index (κ2) is 2.54. The van der Waals surface area contributed by atoms with Crippen molar-refractivity contribution in [3.8, 4) is 6.07 Å². The fraction of sp³-hybridized carbons (Fsp3) is 0.400. The van der Waals surface area contributed by atoms with Gasteiger partial charge in [-0.15, -0.1) is 0 Å². The van der Waals surface area contributed by atoms with E-state index in [2.05, 4.69) is 0 Å². The molecule has 1 saturated heterocycles. The Morgan fingerprint density at radius 2 is 2.18 bits per heavy atom. The van der Waals surface area contributed by atoms with Gasteiger partial charge in [0.2, 0.25) is 6.17 Å². The number of imide groups is 1. The van der Waals surface area contributed by atoms with E-state index in [1.807, 2.05) is 5.32 Å². The summed E-state index contributed by atoms with van der Waals surface area (Å²) in [5, 5.41) is 11.8. The molecule has 6 heteroatoms. The quantitative estimate of drug-likeness (QED) is 0.476. The second-order valence-electron chi connectivity index (χ2n) is 1.97. The lowest BCUT2D eigenvalue weighted by Gasteiger charge is -2.20. The topological polar surface area (TPSA) is 82.0 Å². The van der Waals surface area contributed by atoms with Crippen LogP contribution in [0.25, 0.3) is 0 Å². The Hall–Kier alpha value is -1.64. The van der Waals surface area contributed by atoms with Gasteiger partial charge in [-0.25, -0.2) is 9.18 Å². The number of carbonyl (C=O) groups is 2. The zero-order chi connectivity index (χ0) is 8.43. The summed E-state index contributed by atoms with van der Waals surface area (Å²) >= 11 is 0. The molecule has 1 heterocycles. The molecule has 0 bridgehead atoms. The lowest BCUT2D eigenvalue weighted by atomic mass is 10.1. The highest BCUT2D eigenvalue weighted by Crippen LogP contribution is 2.02. The van der Waals surface area contributed by atoms with Gasteiger partial charge in [-0.2, -0.15) is 5.26 Å². The van der Waals surface area contributed by atoms with Crippen LogP contribution in [0.1, 0.15) is 0 Å². The highest BCUT2D eigenvalue weighted by atomic mass is 19.1. The number of nitriles is 1.